The van der Waals surface area contributed by atoms with Gasteiger partial charge in [0.15, 0.2) is 5.76 Å². The van der Waals surface area contributed by atoms with Crippen LogP contribution < -0.4 is 9.47 Å². The lowest BCUT2D eigenvalue weighted by Gasteiger charge is -2.09. The Hall–Kier alpha value is -3.18. The molecule has 1 aliphatic rings. The second-order valence-corrected chi connectivity index (χ2v) is 7.62. The summed E-state index contributed by atoms with van der Waals surface area (Å²) in [5, 5.41) is 1.92. The van der Waals surface area contributed by atoms with Crippen molar-refractivity contribution in [2.45, 2.75) is 20.3 Å². The zero-order chi connectivity index (χ0) is 19.7. The molecule has 4 nitrogen and oxygen atoms in total. The van der Waals surface area contributed by atoms with Crippen molar-refractivity contribution in [3.05, 3.63) is 86.8 Å². The maximum Gasteiger partial charge on any atom is 0.316 e. The van der Waals surface area contributed by atoms with Crippen LogP contribution in [0.25, 0.3) is 6.08 Å². The maximum atomic E-state index is 12.7. The molecular formula is C23H18O4S. The average molecular weight is 390 g/mol. The van der Waals surface area contributed by atoms with Crippen LogP contribution in [0, 0.1) is 13.8 Å². The van der Waals surface area contributed by atoms with Gasteiger partial charge in [0.05, 0.1) is 12.0 Å². The molecule has 0 aliphatic carbocycles. The van der Waals surface area contributed by atoms with Crippen molar-refractivity contribution < 1.29 is 19.1 Å². The van der Waals surface area contributed by atoms with E-state index in [4.69, 9.17) is 9.47 Å². The maximum absolute atomic E-state index is 12.7. The third-order valence-electron chi connectivity index (χ3n) is 4.63. The van der Waals surface area contributed by atoms with Crippen LogP contribution in [0.2, 0.25) is 0 Å². The number of allylic oxidation sites excluding steroid dienone is 1. The smallest absolute Gasteiger partial charge is 0.316 e. The van der Waals surface area contributed by atoms with E-state index < -0.39 is 0 Å². The van der Waals surface area contributed by atoms with Gasteiger partial charge < -0.3 is 9.47 Å². The number of ketones is 1. The molecule has 1 aromatic heterocycles. The Kier molecular flexibility index (Phi) is 4.84. The number of esters is 1. The summed E-state index contributed by atoms with van der Waals surface area (Å²) in [5.74, 6) is 0.620. The van der Waals surface area contributed by atoms with Gasteiger partial charge in [-0.2, -0.15) is 0 Å². The lowest BCUT2D eigenvalue weighted by molar-refractivity contribution is -0.133. The average Bonchev–Trinajstić information content (AvgIpc) is 3.28. The Labute approximate surface area is 167 Å². The van der Waals surface area contributed by atoms with Crippen molar-refractivity contribution in [1.29, 1.82) is 0 Å². The van der Waals surface area contributed by atoms with Crippen LogP contribution in [0.15, 0.2) is 59.7 Å². The van der Waals surface area contributed by atoms with E-state index >= 15 is 0 Å². The molecule has 2 aromatic carbocycles. The molecule has 0 saturated heterocycles. The van der Waals surface area contributed by atoms with Gasteiger partial charge in [0.25, 0.3) is 0 Å². The minimum absolute atomic E-state index is 0.169. The summed E-state index contributed by atoms with van der Waals surface area (Å²) < 4.78 is 11.4. The first-order valence-electron chi connectivity index (χ1n) is 8.89. The van der Waals surface area contributed by atoms with Crippen LogP contribution in [0.1, 0.15) is 31.9 Å². The predicted molar refractivity (Wildman–Crippen MR) is 109 cm³/mol. The number of rotatable bonds is 4. The number of hydrogen-bond donors (Lipinski definition) is 0. The normalized spacial score (nSPS) is 14.1. The molecule has 0 bridgehead atoms. The Morgan fingerprint density at radius 2 is 1.93 bits per heavy atom. The van der Waals surface area contributed by atoms with Crippen molar-refractivity contribution in [2.75, 3.05) is 0 Å². The fourth-order valence-corrected chi connectivity index (χ4v) is 3.77. The molecule has 3 aromatic rings. The lowest BCUT2D eigenvalue weighted by Crippen LogP contribution is -2.11. The van der Waals surface area contributed by atoms with Gasteiger partial charge in [0.2, 0.25) is 5.78 Å². The fraction of sp³-hybridized carbons (Fsp3) is 0.130. The Bertz CT molecular complexity index is 1090. The molecule has 5 heteroatoms. The molecule has 1 aliphatic heterocycles. The van der Waals surface area contributed by atoms with Crippen LogP contribution in [-0.4, -0.2) is 11.8 Å². The highest BCUT2D eigenvalue weighted by atomic mass is 32.1. The van der Waals surface area contributed by atoms with E-state index in [1.165, 1.54) is 11.3 Å². The summed E-state index contributed by atoms with van der Waals surface area (Å²) in [6.45, 7) is 3.77. The molecule has 0 saturated carbocycles. The number of aryl methyl sites for hydroxylation is 1. The van der Waals surface area contributed by atoms with E-state index in [1.54, 1.807) is 25.1 Å². The zero-order valence-corrected chi connectivity index (χ0v) is 16.3. The number of fused-ring (bicyclic) bond motifs is 1. The molecular weight excluding hydrogens is 372 g/mol. The molecule has 140 valence electrons. The van der Waals surface area contributed by atoms with Crippen LogP contribution in [0.5, 0.6) is 11.5 Å². The minimum Gasteiger partial charge on any atom is -0.452 e. The summed E-state index contributed by atoms with van der Waals surface area (Å²) in [5.41, 5.74) is 3.11. The largest absolute Gasteiger partial charge is 0.452 e. The molecule has 0 N–H and O–H groups in total. The molecule has 0 atom stereocenters. The Morgan fingerprint density at radius 3 is 2.68 bits per heavy atom. The number of carbonyl (C=O) groups excluding carboxylic acids is 2. The van der Waals surface area contributed by atoms with Crippen molar-refractivity contribution >= 4 is 29.2 Å². The second kappa shape index (κ2) is 7.44. The molecule has 2 heterocycles. The van der Waals surface area contributed by atoms with E-state index in [0.717, 1.165) is 16.0 Å². The Balaban J connectivity index is 1.58. The second-order valence-electron chi connectivity index (χ2n) is 6.59. The number of Topliss-reactive ketones (excluding diaryl/α,β-unsaturated/α-hetero) is 1. The number of hydrogen-bond acceptors (Lipinski definition) is 5. The van der Waals surface area contributed by atoms with E-state index in [2.05, 4.69) is 0 Å². The lowest BCUT2D eigenvalue weighted by atomic mass is 10.0. The van der Waals surface area contributed by atoms with Crippen LogP contribution >= 0.6 is 11.3 Å². The van der Waals surface area contributed by atoms with Gasteiger partial charge in [-0.15, -0.1) is 11.3 Å². The van der Waals surface area contributed by atoms with Gasteiger partial charge in [0, 0.05) is 10.4 Å². The van der Waals surface area contributed by atoms with E-state index in [-0.39, 0.29) is 23.9 Å². The highest BCUT2D eigenvalue weighted by molar-refractivity contribution is 7.10. The van der Waals surface area contributed by atoms with E-state index in [1.807, 2.05) is 48.7 Å². The monoisotopic (exact) mass is 390 g/mol. The van der Waals surface area contributed by atoms with Crippen LogP contribution in [-0.2, 0) is 11.2 Å². The third kappa shape index (κ3) is 3.49. The topological polar surface area (TPSA) is 52.6 Å². The summed E-state index contributed by atoms with van der Waals surface area (Å²) in [6.07, 6.45) is 1.96. The van der Waals surface area contributed by atoms with Gasteiger partial charge in [-0.05, 0) is 54.6 Å². The summed E-state index contributed by atoms with van der Waals surface area (Å²) >= 11 is 1.51. The van der Waals surface area contributed by atoms with Gasteiger partial charge in [-0.3, -0.25) is 9.59 Å². The van der Waals surface area contributed by atoms with Gasteiger partial charge >= 0.3 is 5.97 Å². The van der Waals surface area contributed by atoms with Crippen LogP contribution in [0.3, 0.4) is 0 Å². The van der Waals surface area contributed by atoms with Gasteiger partial charge in [0.1, 0.15) is 11.5 Å². The molecule has 0 spiro atoms. The van der Waals surface area contributed by atoms with Crippen molar-refractivity contribution in [1.82, 2.24) is 0 Å². The molecule has 0 radical (unpaired) electrons. The zero-order valence-electron chi connectivity index (χ0n) is 15.5. The summed E-state index contributed by atoms with van der Waals surface area (Å²) in [7, 11) is 0. The van der Waals surface area contributed by atoms with Gasteiger partial charge in [-0.25, -0.2) is 0 Å². The van der Waals surface area contributed by atoms with E-state index in [0.29, 0.717) is 22.6 Å². The molecule has 28 heavy (non-hydrogen) atoms. The first kappa shape index (κ1) is 18.2. The highest BCUT2D eigenvalue weighted by Gasteiger charge is 2.30. The minimum atomic E-state index is -0.342. The first-order valence-corrected chi connectivity index (χ1v) is 9.77. The number of carbonyl (C=O) groups is 2. The summed E-state index contributed by atoms with van der Waals surface area (Å²) in [6, 6.07) is 14.9. The van der Waals surface area contributed by atoms with Crippen molar-refractivity contribution in [3.8, 4) is 11.5 Å². The highest BCUT2D eigenvalue weighted by Crippen LogP contribution is 2.39. The molecule has 4 rings (SSSR count). The summed E-state index contributed by atoms with van der Waals surface area (Å²) in [4.78, 5) is 25.9. The third-order valence-corrected chi connectivity index (χ3v) is 5.51. The van der Waals surface area contributed by atoms with Crippen molar-refractivity contribution in [2.24, 2.45) is 0 Å². The molecule has 0 amide bonds. The standard InChI is InChI=1S/C23H18O4S/c1-14-6-3-4-7-16(14)12-20-22(25)18-9-10-19(15(2)23(18)27-20)26-21(24)13-17-8-5-11-28-17/h3-12H,13H2,1-2H3/b20-12-. The number of benzene rings is 2. The SMILES string of the molecule is Cc1ccccc1/C=C1\Oc2c(ccc(OC(=O)Cc3cccs3)c2C)C1=O. The fourth-order valence-electron chi connectivity index (χ4n) is 3.08. The molecule has 0 fully saturated rings. The predicted octanol–water partition coefficient (Wildman–Crippen LogP) is 5.13. The number of ether oxygens (including phenoxy) is 2. The van der Waals surface area contributed by atoms with E-state index in [9.17, 15) is 9.59 Å². The number of thiophene rings is 1. The van der Waals surface area contributed by atoms with Gasteiger partial charge in [-0.1, -0.05) is 30.3 Å². The quantitative estimate of drug-likeness (QED) is 0.352. The first-order chi connectivity index (χ1) is 13.5. The van der Waals surface area contributed by atoms with Crippen LogP contribution in [0.4, 0.5) is 0 Å². The molecule has 0 unspecified atom stereocenters. The van der Waals surface area contributed by atoms with Crippen molar-refractivity contribution in [3.63, 3.8) is 0 Å². The Morgan fingerprint density at radius 1 is 1.11 bits per heavy atom.